The number of β-amino-alcohol motifs (C(OH)–C–C–N with tert-alkyl or cyclic N) is 1. The van der Waals surface area contributed by atoms with Gasteiger partial charge in [0.2, 0.25) is 0 Å². The van der Waals surface area contributed by atoms with Gasteiger partial charge in [0, 0.05) is 11.1 Å². The van der Waals surface area contributed by atoms with Gasteiger partial charge in [-0.2, -0.15) is 0 Å². The zero-order valence-electron chi connectivity index (χ0n) is 15.0. The molecular weight excluding hydrogens is 391 g/mol. The highest BCUT2D eigenvalue weighted by molar-refractivity contribution is 6.34. The lowest BCUT2D eigenvalue weighted by Gasteiger charge is -2.28. The quantitative estimate of drug-likeness (QED) is 0.718. The molecule has 1 aromatic rings. The zero-order valence-corrected chi connectivity index (χ0v) is 16.6. The third kappa shape index (κ3) is 4.68. The maximum absolute atomic E-state index is 12.9. The Bertz CT molecular complexity index is 705. The molecule has 0 radical (unpaired) electrons. The number of nitrogens with zero attached hydrogens (tertiary/aromatic N) is 1. The molecule has 3 rings (SSSR count). The molecule has 1 aliphatic heterocycles. The second-order valence-corrected chi connectivity index (χ2v) is 8.08. The molecule has 1 atom stereocenters. The third-order valence-corrected chi connectivity index (χ3v) is 5.72. The molecule has 3 amide bonds. The molecule has 2 fully saturated rings. The first-order chi connectivity index (χ1) is 12.9. The molecule has 1 unspecified atom stereocenters. The highest BCUT2D eigenvalue weighted by atomic mass is 35.5. The summed E-state index contributed by atoms with van der Waals surface area (Å²) in [6.07, 6.45) is 5.42. The summed E-state index contributed by atoms with van der Waals surface area (Å²) in [4.78, 5) is 26.4. The number of ether oxygens (including phenoxy) is 1. The minimum atomic E-state index is -1.03. The normalized spacial score (nSPS) is 20.9. The summed E-state index contributed by atoms with van der Waals surface area (Å²) in [5.41, 5.74) is -0.811. The third-order valence-electron chi connectivity index (χ3n) is 5.17. The highest BCUT2D eigenvalue weighted by Gasteiger charge is 2.50. The highest BCUT2D eigenvalue weighted by Crippen LogP contribution is 2.32. The van der Waals surface area contributed by atoms with Crippen molar-refractivity contribution in [3.8, 4) is 5.75 Å². The van der Waals surface area contributed by atoms with Crippen molar-refractivity contribution in [2.24, 2.45) is 0 Å². The van der Waals surface area contributed by atoms with Gasteiger partial charge in [0.25, 0.3) is 5.91 Å². The van der Waals surface area contributed by atoms with E-state index in [0.29, 0.717) is 28.6 Å². The molecule has 0 bridgehead atoms. The van der Waals surface area contributed by atoms with Gasteiger partial charge in [0.1, 0.15) is 24.0 Å². The number of imide groups is 1. The second-order valence-electron chi connectivity index (χ2n) is 7.24. The van der Waals surface area contributed by atoms with Gasteiger partial charge in [-0.05, 0) is 25.0 Å². The molecular formula is C19H24Cl2N2O4. The maximum atomic E-state index is 12.9. The molecule has 1 spiro atoms. The first-order valence-electron chi connectivity index (χ1n) is 9.31. The van der Waals surface area contributed by atoms with Crippen LogP contribution in [0.3, 0.4) is 0 Å². The lowest BCUT2D eigenvalue weighted by atomic mass is 9.84. The van der Waals surface area contributed by atoms with E-state index in [2.05, 4.69) is 5.32 Å². The number of hydrogen-bond donors (Lipinski definition) is 2. The average Bonchev–Trinajstić information content (AvgIpc) is 2.84. The van der Waals surface area contributed by atoms with E-state index in [9.17, 15) is 14.7 Å². The Morgan fingerprint density at radius 3 is 2.52 bits per heavy atom. The van der Waals surface area contributed by atoms with Gasteiger partial charge in [0.05, 0.1) is 11.6 Å². The molecule has 8 heteroatoms. The molecule has 1 aromatic carbocycles. The van der Waals surface area contributed by atoms with Crippen molar-refractivity contribution in [1.29, 1.82) is 0 Å². The van der Waals surface area contributed by atoms with Gasteiger partial charge in [0.15, 0.2) is 0 Å². The van der Waals surface area contributed by atoms with E-state index in [4.69, 9.17) is 27.9 Å². The van der Waals surface area contributed by atoms with Crippen LogP contribution in [0.25, 0.3) is 0 Å². The molecule has 1 heterocycles. The number of nitrogens with one attached hydrogen (secondary N) is 1. The van der Waals surface area contributed by atoms with Gasteiger partial charge in [-0.3, -0.25) is 9.69 Å². The predicted molar refractivity (Wildman–Crippen MR) is 103 cm³/mol. The zero-order chi connectivity index (χ0) is 19.4. The molecule has 27 heavy (non-hydrogen) atoms. The molecule has 1 aliphatic carbocycles. The van der Waals surface area contributed by atoms with Crippen LogP contribution in [-0.2, 0) is 4.79 Å². The van der Waals surface area contributed by atoms with Crippen LogP contribution in [0.15, 0.2) is 18.2 Å². The molecule has 1 saturated carbocycles. The topological polar surface area (TPSA) is 78.9 Å². The van der Waals surface area contributed by atoms with E-state index in [1.807, 2.05) is 0 Å². The fraction of sp³-hybridized carbons (Fsp3) is 0.579. The lowest BCUT2D eigenvalue weighted by molar-refractivity contribution is -0.133. The van der Waals surface area contributed by atoms with E-state index in [1.165, 1.54) is 6.42 Å². The van der Waals surface area contributed by atoms with Crippen molar-refractivity contribution in [1.82, 2.24) is 10.2 Å². The number of rotatable bonds is 5. The van der Waals surface area contributed by atoms with Crippen LogP contribution in [0.2, 0.25) is 10.0 Å². The van der Waals surface area contributed by atoms with Crippen molar-refractivity contribution in [3.05, 3.63) is 28.2 Å². The van der Waals surface area contributed by atoms with E-state index in [0.717, 1.165) is 30.6 Å². The second kappa shape index (κ2) is 8.67. The lowest BCUT2D eigenvalue weighted by Crippen LogP contribution is -2.48. The summed E-state index contributed by atoms with van der Waals surface area (Å²) in [7, 11) is 0. The Labute approximate surface area is 168 Å². The Morgan fingerprint density at radius 2 is 1.81 bits per heavy atom. The largest absolute Gasteiger partial charge is 0.489 e. The monoisotopic (exact) mass is 414 g/mol. The first-order valence-corrected chi connectivity index (χ1v) is 10.1. The minimum Gasteiger partial charge on any atom is -0.489 e. The number of urea groups is 1. The van der Waals surface area contributed by atoms with Crippen LogP contribution < -0.4 is 10.1 Å². The van der Waals surface area contributed by atoms with Crippen LogP contribution in [0.4, 0.5) is 4.79 Å². The number of aliphatic hydroxyl groups is 1. The average molecular weight is 415 g/mol. The summed E-state index contributed by atoms with van der Waals surface area (Å²) >= 11 is 11.9. The standard InChI is InChI=1S/C19H24Cl2N2O4/c20-13-6-7-15(21)16(10-13)27-12-14(24)11-23-17(25)19(22-18(23)26)8-4-2-1-3-5-9-19/h6-7,10,14,24H,1-5,8-9,11-12H2,(H,22,26). The van der Waals surface area contributed by atoms with Crippen molar-refractivity contribution in [3.63, 3.8) is 0 Å². The summed E-state index contributed by atoms with van der Waals surface area (Å²) in [5, 5.41) is 14.0. The molecule has 0 aromatic heterocycles. The van der Waals surface area contributed by atoms with Gasteiger partial charge < -0.3 is 15.2 Å². The summed E-state index contributed by atoms with van der Waals surface area (Å²) in [6, 6.07) is 4.34. The van der Waals surface area contributed by atoms with E-state index in [-0.39, 0.29) is 19.1 Å². The SMILES string of the molecule is O=C1NC2(CCCCCCC2)C(=O)N1CC(O)COc1cc(Cl)ccc1Cl. The van der Waals surface area contributed by atoms with Crippen LogP contribution in [0.5, 0.6) is 5.75 Å². The van der Waals surface area contributed by atoms with Crippen LogP contribution in [-0.4, -0.2) is 46.7 Å². The minimum absolute atomic E-state index is 0.107. The number of benzene rings is 1. The number of amides is 3. The number of halogens is 2. The van der Waals surface area contributed by atoms with Crippen molar-refractivity contribution < 1.29 is 19.4 Å². The number of carbonyl (C=O) groups is 2. The molecule has 6 nitrogen and oxygen atoms in total. The summed E-state index contributed by atoms with van der Waals surface area (Å²) in [6.45, 7) is -0.227. The van der Waals surface area contributed by atoms with E-state index < -0.39 is 17.7 Å². The number of carbonyl (C=O) groups excluding carboxylic acids is 2. The predicted octanol–water partition coefficient (Wildman–Crippen LogP) is 3.77. The molecule has 148 valence electrons. The fourth-order valence-corrected chi connectivity index (χ4v) is 4.06. The first kappa shape index (κ1) is 20.2. The van der Waals surface area contributed by atoms with E-state index in [1.54, 1.807) is 18.2 Å². The molecule has 2 N–H and O–H groups in total. The maximum Gasteiger partial charge on any atom is 0.325 e. The van der Waals surface area contributed by atoms with Crippen LogP contribution in [0, 0.1) is 0 Å². The van der Waals surface area contributed by atoms with Crippen molar-refractivity contribution in [2.75, 3.05) is 13.2 Å². The fourth-order valence-electron chi connectivity index (χ4n) is 3.73. The van der Waals surface area contributed by atoms with Gasteiger partial charge in [-0.1, -0.05) is 55.3 Å². The van der Waals surface area contributed by atoms with Gasteiger partial charge >= 0.3 is 6.03 Å². The Morgan fingerprint density at radius 1 is 1.15 bits per heavy atom. The Hall–Kier alpha value is -1.50. The number of hydrogen-bond acceptors (Lipinski definition) is 4. The van der Waals surface area contributed by atoms with Crippen molar-refractivity contribution >= 4 is 35.1 Å². The number of aliphatic hydroxyl groups excluding tert-OH is 1. The smallest absolute Gasteiger partial charge is 0.325 e. The summed E-state index contributed by atoms with van der Waals surface area (Å²) in [5.74, 6) is 0.103. The van der Waals surface area contributed by atoms with Crippen LogP contribution in [0.1, 0.15) is 44.9 Å². The Balaban J connectivity index is 1.60. The Kier molecular flexibility index (Phi) is 6.50. The van der Waals surface area contributed by atoms with Crippen molar-refractivity contribution in [2.45, 2.75) is 56.6 Å². The molecule has 1 saturated heterocycles. The van der Waals surface area contributed by atoms with Gasteiger partial charge in [-0.15, -0.1) is 0 Å². The molecule has 2 aliphatic rings. The van der Waals surface area contributed by atoms with Crippen LogP contribution >= 0.6 is 23.2 Å². The van der Waals surface area contributed by atoms with Gasteiger partial charge in [-0.25, -0.2) is 4.79 Å². The summed E-state index contributed by atoms with van der Waals surface area (Å²) < 4.78 is 5.50. The van der Waals surface area contributed by atoms with E-state index >= 15 is 0 Å².